The summed E-state index contributed by atoms with van der Waals surface area (Å²) in [6.07, 6.45) is 6.49. The number of aliphatic hydroxyl groups excluding tert-OH is 1. The minimum absolute atomic E-state index is 0.375. The minimum atomic E-state index is -0.375. The van der Waals surface area contributed by atoms with Crippen LogP contribution in [0.15, 0.2) is 22.2 Å². The lowest BCUT2D eigenvalue weighted by Crippen LogP contribution is -2.02. The molecular formula is C12H15BrOS. The highest BCUT2D eigenvalue weighted by Gasteiger charge is 2.17. The first-order valence-electron chi connectivity index (χ1n) is 5.31. The average Bonchev–Trinajstić information content (AvgIpc) is 2.59. The van der Waals surface area contributed by atoms with Crippen molar-refractivity contribution in [1.82, 2.24) is 0 Å². The Bertz CT molecular complexity index is 361. The van der Waals surface area contributed by atoms with Gasteiger partial charge in [0.25, 0.3) is 0 Å². The van der Waals surface area contributed by atoms with Crippen LogP contribution in [0.4, 0.5) is 0 Å². The summed E-state index contributed by atoms with van der Waals surface area (Å²) in [6, 6.07) is 2.04. The molecule has 0 fully saturated rings. The molecule has 82 valence electrons. The summed E-state index contributed by atoms with van der Waals surface area (Å²) in [4.78, 5) is 2.30. The van der Waals surface area contributed by atoms with E-state index in [1.54, 1.807) is 11.3 Å². The molecule has 0 saturated heterocycles. The first-order chi connectivity index (χ1) is 7.18. The van der Waals surface area contributed by atoms with Crippen LogP contribution >= 0.6 is 27.3 Å². The highest BCUT2D eigenvalue weighted by atomic mass is 79.9. The van der Waals surface area contributed by atoms with E-state index < -0.39 is 0 Å². The second-order valence-electron chi connectivity index (χ2n) is 3.98. The number of hydrogen-bond acceptors (Lipinski definition) is 2. The van der Waals surface area contributed by atoms with Gasteiger partial charge in [-0.05, 0) is 60.2 Å². The topological polar surface area (TPSA) is 20.2 Å². The predicted octanol–water partition coefficient (Wildman–Crippen LogP) is 4.35. The molecule has 15 heavy (non-hydrogen) atoms. The van der Waals surface area contributed by atoms with Crippen molar-refractivity contribution in [2.24, 2.45) is 0 Å². The number of hydrogen-bond donors (Lipinski definition) is 1. The van der Waals surface area contributed by atoms with E-state index in [1.807, 2.05) is 6.07 Å². The quantitative estimate of drug-likeness (QED) is 0.802. The molecule has 0 aliphatic heterocycles. The van der Waals surface area contributed by atoms with Gasteiger partial charge in [-0.15, -0.1) is 11.3 Å². The Morgan fingerprint density at radius 1 is 1.47 bits per heavy atom. The molecule has 1 aromatic rings. The second kappa shape index (κ2) is 4.81. The minimum Gasteiger partial charge on any atom is -0.383 e. The molecule has 0 amide bonds. The van der Waals surface area contributed by atoms with Crippen molar-refractivity contribution in [2.75, 3.05) is 0 Å². The molecule has 1 aliphatic rings. The van der Waals surface area contributed by atoms with Crippen LogP contribution < -0.4 is 0 Å². The van der Waals surface area contributed by atoms with E-state index in [9.17, 15) is 5.11 Å². The van der Waals surface area contributed by atoms with Gasteiger partial charge in [0, 0.05) is 14.2 Å². The zero-order valence-electron chi connectivity index (χ0n) is 8.79. The summed E-state index contributed by atoms with van der Waals surface area (Å²) in [5, 5.41) is 10.2. The molecule has 1 aromatic heterocycles. The van der Waals surface area contributed by atoms with Gasteiger partial charge in [-0.2, -0.15) is 0 Å². The standard InChI is InChI=1S/C12H15BrOS/c1-8-10(13)7-11(15-8)12(14)9-5-3-2-4-6-9/h5,7,12,14H,2-4,6H2,1H3. The van der Waals surface area contributed by atoms with E-state index in [2.05, 4.69) is 28.9 Å². The Morgan fingerprint density at radius 3 is 2.80 bits per heavy atom. The van der Waals surface area contributed by atoms with Gasteiger partial charge in [0.05, 0.1) is 0 Å². The lowest BCUT2D eigenvalue weighted by molar-refractivity contribution is 0.212. The fourth-order valence-electron chi connectivity index (χ4n) is 1.91. The van der Waals surface area contributed by atoms with Crippen LogP contribution in [0.2, 0.25) is 0 Å². The molecule has 0 bridgehead atoms. The van der Waals surface area contributed by atoms with Gasteiger partial charge in [0.15, 0.2) is 0 Å². The summed E-state index contributed by atoms with van der Waals surface area (Å²) in [5.74, 6) is 0. The van der Waals surface area contributed by atoms with E-state index in [0.29, 0.717) is 0 Å². The molecule has 1 N–H and O–H groups in total. The smallest absolute Gasteiger partial charge is 0.109 e. The van der Waals surface area contributed by atoms with Crippen LogP contribution in [-0.2, 0) is 0 Å². The zero-order valence-corrected chi connectivity index (χ0v) is 11.2. The number of allylic oxidation sites excluding steroid dienone is 1. The maximum absolute atomic E-state index is 10.2. The monoisotopic (exact) mass is 286 g/mol. The van der Waals surface area contributed by atoms with Crippen LogP contribution in [0.5, 0.6) is 0 Å². The van der Waals surface area contributed by atoms with E-state index in [0.717, 1.165) is 22.2 Å². The van der Waals surface area contributed by atoms with Gasteiger partial charge >= 0.3 is 0 Å². The van der Waals surface area contributed by atoms with Gasteiger partial charge in [0.1, 0.15) is 6.10 Å². The molecule has 0 spiro atoms. The maximum Gasteiger partial charge on any atom is 0.109 e. The van der Waals surface area contributed by atoms with Gasteiger partial charge in [-0.3, -0.25) is 0 Å². The van der Waals surface area contributed by atoms with Crippen LogP contribution in [0.25, 0.3) is 0 Å². The number of thiophene rings is 1. The van der Waals surface area contributed by atoms with Crippen molar-refractivity contribution in [2.45, 2.75) is 38.7 Å². The lowest BCUT2D eigenvalue weighted by atomic mass is 9.95. The molecule has 1 unspecified atom stereocenters. The summed E-state index contributed by atoms with van der Waals surface area (Å²) >= 11 is 5.17. The molecule has 1 heterocycles. The number of aryl methyl sites for hydroxylation is 1. The third kappa shape index (κ3) is 2.52. The van der Waals surface area contributed by atoms with Gasteiger partial charge in [-0.25, -0.2) is 0 Å². The number of halogens is 1. The molecule has 1 nitrogen and oxygen atoms in total. The van der Waals surface area contributed by atoms with Gasteiger partial charge in [-0.1, -0.05) is 6.08 Å². The van der Waals surface area contributed by atoms with Crippen molar-refractivity contribution in [3.63, 3.8) is 0 Å². The first kappa shape index (κ1) is 11.4. The first-order valence-corrected chi connectivity index (χ1v) is 6.92. The molecule has 0 radical (unpaired) electrons. The Labute approximate surface area is 103 Å². The van der Waals surface area contributed by atoms with E-state index in [4.69, 9.17) is 0 Å². The average molecular weight is 287 g/mol. The summed E-state index contributed by atoms with van der Waals surface area (Å²) < 4.78 is 1.11. The molecule has 1 atom stereocenters. The number of aliphatic hydroxyl groups is 1. The Balaban J connectivity index is 2.19. The summed E-state index contributed by atoms with van der Waals surface area (Å²) in [5.41, 5.74) is 1.20. The number of rotatable bonds is 2. The normalized spacial score (nSPS) is 18.7. The van der Waals surface area contributed by atoms with Gasteiger partial charge in [0.2, 0.25) is 0 Å². The molecule has 0 saturated carbocycles. The molecule has 2 rings (SSSR count). The lowest BCUT2D eigenvalue weighted by Gasteiger charge is -2.17. The molecular weight excluding hydrogens is 272 g/mol. The van der Waals surface area contributed by atoms with Crippen LogP contribution in [0.1, 0.15) is 41.5 Å². The van der Waals surface area contributed by atoms with Crippen molar-refractivity contribution in [1.29, 1.82) is 0 Å². The van der Waals surface area contributed by atoms with Crippen molar-refractivity contribution in [3.8, 4) is 0 Å². The van der Waals surface area contributed by atoms with Crippen molar-refractivity contribution >= 4 is 27.3 Å². The van der Waals surface area contributed by atoms with Crippen LogP contribution in [0, 0.1) is 6.92 Å². The Hall–Kier alpha value is -0.120. The third-order valence-corrected chi connectivity index (χ3v) is 5.01. The second-order valence-corrected chi connectivity index (χ2v) is 6.12. The molecule has 1 aliphatic carbocycles. The van der Waals surface area contributed by atoms with E-state index >= 15 is 0 Å². The highest BCUT2D eigenvalue weighted by molar-refractivity contribution is 9.10. The van der Waals surface area contributed by atoms with Crippen LogP contribution in [0.3, 0.4) is 0 Å². The fourth-order valence-corrected chi connectivity index (χ4v) is 3.50. The highest BCUT2D eigenvalue weighted by Crippen LogP contribution is 2.36. The van der Waals surface area contributed by atoms with Gasteiger partial charge < -0.3 is 5.11 Å². The zero-order chi connectivity index (χ0) is 10.8. The summed E-state index contributed by atoms with van der Waals surface area (Å²) in [6.45, 7) is 2.07. The van der Waals surface area contributed by atoms with Crippen molar-refractivity contribution < 1.29 is 5.11 Å². The Kier molecular flexibility index (Phi) is 3.65. The maximum atomic E-state index is 10.2. The largest absolute Gasteiger partial charge is 0.383 e. The third-order valence-electron chi connectivity index (χ3n) is 2.82. The van der Waals surface area contributed by atoms with Crippen molar-refractivity contribution in [3.05, 3.63) is 31.9 Å². The fraction of sp³-hybridized carbons (Fsp3) is 0.500. The Morgan fingerprint density at radius 2 is 2.27 bits per heavy atom. The molecule has 0 aromatic carbocycles. The predicted molar refractivity (Wildman–Crippen MR) is 68.3 cm³/mol. The van der Waals surface area contributed by atoms with E-state index in [-0.39, 0.29) is 6.10 Å². The SMILES string of the molecule is Cc1sc(C(O)C2=CCCCC2)cc1Br. The van der Waals surface area contributed by atoms with E-state index in [1.165, 1.54) is 23.3 Å². The molecule has 3 heteroatoms. The van der Waals surface area contributed by atoms with Crippen LogP contribution in [-0.4, -0.2) is 5.11 Å². The summed E-state index contributed by atoms with van der Waals surface area (Å²) in [7, 11) is 0.